The molecule has 0 fully saturated rings. The lowest BCUT2D eigenvalue weighted by molar-refractivity contribution is -0.383. The summed E-state index contributed by atoms with van der Waals surface area (Å²) in [6, 6.07) is 10.2. The molecule has 110 valence electrons. The highest BCUT2D eigenvalue weighted by Crippen LogP contribution is 2.32. The van der Waals surface area contributed by atoms with E-state index in [1.807, 2.05) is 13.0 Å². The van der Waals surface area contributed by atoms with E-state index in [4.69, 9.17) is 4.74 Å². The molecule has 0 saturated carbocycles. The molecule has 5 nitrogen and oxygen atoms in total. The molecular formula is C16H17NO4. The number of hydrogen-bond acceptors (Lipinski definition) is 4. The summed E-state index contributed by atoms with van der Waals surface area (Å²) in [5.41, 5.74) is 0.0686. The Morgan fingerprint density at radius 1 is 1.19 bits per heavy atom. The maximum Gasteiger partial charge on any atom is 0.277 e. The normalized spacial score (nSPS) is 10.5. The van der Waals surface area contributed by atoms with Gasteiger partial charge in [-0.1, -0.05) is 25.1 Å². The number of fused-ring (bicyclic) bond motifs is 1. The van der Waals surface area contributed by atoms with Crippen molar-refractivity contribution in [3.05, 3.63) is 46.5 Å². The Bertz CT molecular complexity index is 666. The van der Waals surface area contributed by atoms with Crippen LogP contribution in [0.5, 0.6) is 5.75 Å². The van der Waals surface area contributed by atoms with Crippen LogP contribution in [0, 0.1) is 10.1 Å². The SMILES string of the molecule is CCC(=O)CCCOc1ccc([N+](=O)[O-])c2ccccc12. The Kier molecular flexibility index (Phi) is 4.87. The van der Waals surface area contributed by atoms with Gasteiger partial charge in [-0.15, -0.1) is 0 Å². The zero-order chi connectivity index (χ0) is 15.2. The van der Waals surface area contributed by atoms with Crippen LogP contribution in [0.2, 0.25) is 0 Å². The fourth-order valence-electron chi connectivity index (χ4n) is 2.17. The van der Waals surface area contributed by atoms with E-state index in [0.717, 1.165) is 0 Å². The molecule has 0 saturated heterocycles. The van der Waals surface area contributed by atoms with Gasteiger partial charge in [0.25, 0.3) is 5.69 Å². The van der Waals surface area contributed by atoms with E-state index < -0.39 is 4.92 Å². The topological polar surface area (TPSA) is 69.4 Å². The van der Waals surface area contributed by atoms with E-state index in [-0.39, 0.29) is 11.5 Å². The van der Waals surface area contributed by atoms with E-state index in [9.17, 15) is 14.9 Å². The zero-order valence-electron chi connectivity index (χ0n) is 11.9. The summed E-state index contributed by atoms with van der Waals surface area (Å²) in [5.74, 6) is 0.826. The van der Waals surface area contributed by atoms with Crippen LogP contribution in [0.25, 0.3) is 10.8 Å². The Labute approximate surface area is 122 Å². The average Bonchev–Trinajstić information content (AvgIpc) is 2.50. The van der Waals surface area contributed by atoms with Gasteiger partial charge in [0.2, 0.25) is 0 Å². The second-order valence-corrected chi connectivity index (χ2v) is 4.73. The molecule has 0 heterocycles. The van der Waals surface area contributed by atoms with Gasteiger partial charge in [0.15, 0.2) is 0 Å². The lowest BCUT2D eigenvalue weighted by atomic mass is 10.1. The van der Waals surface area contributed by atoms with E-state index >= 15 is 0 Å². The van der Waals surface area contributed by atoms with Gasteiger partial charge in [-0.3, -0.25) is 14.9 Å². The molecule has 2 aromatic rings. The number of carbonyl (C=O) groups excluding carboxylic acids is 1. The maximum atomic E-state index is 11.2. The van der Waals surface area contributed by atoms with Crippen LogP contribution in [-0.4, -0.2) is 17.3 Å². The van der Waals surface area contributed by atoms with Gasteiger partial charge in [-0.25, -0.2) is 0 Å². The summed E-state index contributed by atoms with van der Waals surface area (Å²) < 4.78 is 5.67. The minimum absolute atomic E-state index is 0.0686. The number of hydrogen-bond donors (Lipinski definition) is 0. The third-order valence-electron chi connectivity index (χ3n) is 3.31. The molecule has 0 unspecified atom stereocenters. The molecule has 0 spiro atoms. The van der Waals surface area contributed by atoms with Crippen molar-refractivity contribution in [2.45, 2.75) is 26.2 Å². The predicted molar refractivity (Wildman–Crippen MR) is 80.6 cm³/mol. The van der Waals surface area contributed by atoms with Gasteiger partial charge in [-0.2, -0.15) is 0 Å². The third-order valence-corrected chi connectivity index (χ3v) is 3.31. The molecule has 21 heavy (non-hydrogen) atoms. The fraction of sp³-hybridized carbons (Fsp3) is 0.312. The standard InChI is InChI=1S/C16H17NO4/c1-2-12(18)6-5-11-21-16-10-9-15(17(19)20)13-7-3-4-8-14(13)16/h3-4,7-10H,2,5-6,11H2,1H3. The van der Waals surface area contributed by atoms with Crippen molar-refractivity contribution >= 4 is 22.2 Å². The van der Waals surface area contributed by atoms with Gasteiger partial charge < -0.3 is 4.74 Å². The van der Waals surface area contributed by atoms with Crippen molar-refractivity contribution in [3.63, 3.8) is 0 Å². The predicted octanol–water partition coefficient (Wildman–Crippen LogP) is 3.89. The quantitative estimate of drug-likeness (QED) is 0.440. The molecule has 0 aliphatic carbocycles. The molecule has 0 aliphatic heterocycles. The van der Waals surface area contributed by atoms with Crippen molar-refractivity contribution in [2.75, 3.05) is 6.61 Å². The second-order valence-electron chi connectivity index (χ2n) is 4.73. The van der Waals surface area contributed by atoms with Crippen molar-refractivity contribution in [3.8, 4) is 5.75 Å². The minimum atomic E-state index is -0.397. The van der Waals surface area contributed by atoms with Crippen molar-refractivity contribution in [2.24, 2.45) is 0 Å². The first-order valence-electron chi connectivity index (χ1n) is 6.94. The first-order chi connectivity index (χ1) is 10.1. The summed E-state index contributed by atoms with van der Waals surface area (Å²) in [7, 11) is 0. The maximum absolute atomic E-state index is 11.2. The van der Waals surface area contributed by atoms with E-state index in [2.05, 4.69) is 0 Å². The van der Waals surface area contributed by atoms with E-state index in [1.54, 1.807) is 24.3 Å². The largest absolute Gasteiger partial charge is 0.493 e. The van der Waals surface area contributed by atoms with Crippen LogP contribution in [0.15, 0.2) is 36.4 Å². The lowest BCUT2D eigenvalue weighted by Crippen LogP contribution is -2.02. The van der Waals surface area contributed by atoms with Crippen LogP contribution in [0.4, 0.5) is 5.69 Å². The molecule has 0 aliphatic rings. The Balaban J connectivity index is 2.16. The molecule has 2 aromatic carbocycles. The molecule has 0 N–H and O–H groups in total. The van der Waals surface area contributed by atoms with Gasteiger partial charge in [-0.05, 0) is 18.6 Å². The summed E-state index contributed by atoms with van der Waals surface area (Å²) in [6.45, 7) is 2.26. The molecule has 0 aromatic heterocycles. The number of nitro groups is 1. The number of nitro benzene ring substituents is 1. The number of Topliss-reactive ketones (excluding diaryl/α,β-unsaturated/α-hetero) is 1. The summed E-state index contributed by atoms with van der Waals surface area (Å²) in [6.07, 6.45) is 1.69. The smallest absolute Gasteiger partial charge is 0.277 e. The number of carbonyl (C=O) groups is 1. The Morgan fingerprint density at radius 3 is 2.57 bits per heavy atom. The van der Waals surface area contributed by atoms with Crippen molar-refractivity contribution in [1.29, 1.82) is 0 Å². The van der Waals surface area contributed by atoms with Crippen molar-refractivity contribution < 1.29 is 14.5 Å². The molecule has 0 bridgehead atoms. The first-order valence-corrected chi connectivity index (χ1v) is 6.94. The van der Waals surface area contributed by atoms with Gasteiger partial charge >= 0.3 is 0 Å². The highest BCUT2D eigenvalue weighted by molar-refractivity contribution is 5.95. The number of nitrogens with zero attached hydrogens (tertiary/aromatic N) is 1. The fourth-order valence-corrected chi connectivity index (χ4v) is 2.17. The molecule has 5 heteroatoms. The molecule has 0 amide bonds. The summed E-state index contributed by atoms with van der Waals surface area (Å²) in [5, 5.41) is 12.3. The van der Waals surface area contributed by atoms with Crippen LogP contribution in [-0.2, 0) is 4.79 Å². The van der Waals surface area contributed by atoms with Crippen LogP contribution in [0.1, 0.15) is 26.2 Å². The number of benzene rings is 2. The van der Waals surface area contributed by atoms with E-state index in [1.165, 1.54) is 6.07 Å². The summed E-state index contributed by atoms with van der Waals surface area (Å²) >= 11 is 0. The molecule has 2 rings (SSSR count). The zero-order valence-corrected chi connectivity index (χ0v) is 11.9. The second kappa shape index (κ2) is 6.83. The monoisotopic (exact) mass is 287 g/mol. The number of ether oxygens (including phenoxy) is 1. The first kappa shape index (κ1) is 15.0. The van der Waals surface area contributed by atoms with Crippen LogP contribution < -0.4 is 4.74 Å². The van der Waals surface area contributed by atoms with Gasteiger partial charge in [0.05, 0.1) is 16.9 Å². The Hall–Kier alpha value is -2.43. The van der Waals surface area contributed by atoms with Crippen molar-refractivity contribution in [1.82, 2.24) is 0 Å². The highest BCUT2D eigenvalue weighted by atomic mass is 16.6. The third kappa shape index (κ3) is 3.56. The molecule has 0 radical (unpaired) electrons. The number of ketones is 1. The molecular weight excluding hydrogens is 270 g/mol. The Morgan fingerprint density at radius 2 is 1.90 bits per heavy atom. The minimum Gasteiger partial charge on any atom is -0.493 e. The van der Waals surface area contributed by atoms with Gasteiger partial charge in [0, 0.05) is 24.3 Å². The highest BCUT2D eigenvalue weighted by Gasteiger charge is 2.14. The average molecular weight is 287 g/mol. The van der Waals surface area contributed by atoms with E-state index in [0.29, 0.717) is 42.4 Å². The molecule has 0 atom stereocenters. The lowest BCUT2D eigenvalue weighted by Gasteiger charge is -2.09. The van der Waals surface area contributed by atoms with Gasteiger partial charge in [0.1, 0.15) is 11.5 Å². The number of rotatable bonds is 7. The van der Waals surface area contributed by atoms with Crippen LogP contribution in [0.3, 0.4) is 0 Å². The summed E-state index contributed by atoms with van der Waals surface area (Å²) in [4.78, 5) is 21.8. The van der Waals surface area contributed by atoms with Crippen LogP contribution >= 0.6 is 0 Å². The number of non-ortho nitro benzene ring substituents is 1.